The van der Waals surface area contributed by atoms with Crippen LogP contribution < -0.4 is 5.73 Å². The van der Waals surface area contributed by atoms with Crippen molar-refractivity contribution in [2.45, 2.75) is 37.0 Å². The van der Waals surface area contributed by atoms with E-state index < -0.39 is 15.4 Å². The van der Waals surface area contributed by atoms with Gasteiger partial charge in [0.2, 0.25) is 0 Å². The Kier molecular flexibility index (Phi) is 2.51. The van der Waals surface area contributed by atoms with Crippen molar-refractivity contribution in [1.29, 1.82) is 0 Å². The highest BCUT2D eigenvalue weighted by molar-refractivity contribution is 7.86. The lowest BCUT2D eigenvalue weighted by molar-refractivity contribution is 0.398. The molecule has 0 aromatic heterocycles. The molecule has 66 valence electrons. The molecule has 0 heterocycles. The summed E-state index contributed by atoms with van der Waals surface area (Å²) in [7, 11) is -3.84. The van der Waals surface area contributed by atoms with Gasteiger partial charge in [0, 0.05) is 6.04 Å². The second-order valence-corrected chi connectivity index (χ2v) is 4.76. The molecule has 0 amide bonds. The van der Waals surface area contributed by atoms with Crippen molar-refractivity contribution in [2.24, 2.45) is 5.73 Å². The molecule has 0 saturated heterocycles. The van der Waals surface area contributed by atoms with E-state index >= 15 is 0 Å². The van der Waals surface area contributed by atoms with Gasteiger partial charge in [-0.3, -0.25) is 4.55 Å². The standard InChI is InChI=1S/C6H13NO3S/c7-5-2-1-3-6(4-5)11(8,9)10/h5-6H,1-4,7H2,(H,8,9,10). The highest BCUT2D eigenvalue weighted by atomic mass is 32.2. The Morgan fingerprint density at radius 2 is 2.00 bits per heavy atom. The quantitative estimate of drug-likeness (QED) is 0.561. The Labute approximate surface area is 66.5 Å². The molecule has 1 aliphatic rings. The topological polar surface area (TPSA) is 80.4 Å². The maximum absolute atomic E-state index is 10.6. The first-order chi connectivity index (χ1) is 5.00. The van der Waals surface area contributed by atoms with E-state index in [9.17, 15) is 8.42 Å². The van der Waals surface area contributed by atoms with Crippen molar-refractivity contribution < 1.29 is 13.0 Å². The van der Waals surface area contributed by atoms with Crippen molar-refractivity contribution in [3.05, 3.63) is 0 Å². The lowest BCUT2D eigenvalue weighted by atomic mass is 9.96. The predicted molar refractivity (Wildman–Crippen MR) is 41.8 cm³/mol. The Morgan fingerprint density at radius 1 is 1.36 bits per heavy atom. The minimum Gasteiger partial charge on any atom is -0.328 e. The molecule has 1 aliphatic carbocycles. The van der Waals surface area contributed by atoms with E-state index in [1.165, 1.54) is 0 Å². The molecule has 1 fully saturated rings. The van der Waals surface area contributed by atoms with Gasteiger partial charge in [0.1, 0.15) is 0 Å². The van der Waals surface area contributed by atoms with Gasteiger partial charge in [-0.1, -0.05) is 6.42 Å². The third-order valence-electron chi connectivity index (χ3n) is 2.09. The van der Waals surface area contributed by atoms with Gasteiger partial charge in [-0.2, -0.15) is 8.42 Å². The molecule has 1 rings (SSSR count). The van der Waals surface area contributed by atoms with E-state index in [4.69, 9.17) is 10.3 Å². The average molecular weight is 179 g/mol. The largest absolute Gasteiger partial charge is 0.328 e. The van der Waals surface area contributed by atoms with E-state index in [0.717, 1.165) is 12.8 Å². The molecule has 0 bridgehead atoms. The van der Waals surface area contributed by atoms with Crippen LogP contribution in [0.1, 0.15) is 25.7 Å². The third-order valence-corrected chi connectivity index (χ3v) is 3.36. The maximum Gasteiger partial charge on any atom is 0.267 e. The normalized spacial score (nSPS) is 33.6. The molecule has 4 nitrogen and oxygen atoms in total. The minimum absolute atomic E-state index is 0.0596. The zero-order valence-corrected chi connectivity index (χ0v) is 7.05. The molecule has 5 heteroatoms. The molecular formula is C6H13NO3S. The first kappa shape index (κ1) is 8.96. The fourth-order valence-electron chi connectivity index (χ4n) is 1.45. The van der Waals surface area contributed by atoms with Crippen LogP contribution in [0.25, 0.3) is 0 Å². The highest BCUT2D eigenvalue weighted by Crippen LogP contribution is 2.22. The van der Waals surface area contributed by atoms with Crippen LogP contribution >= 0.6 is 0 Å². The first-order valence-electron chi connectivity index (χ1n) is 3.72. The van der Waals surface area contributed by atoms with E-state index in [-0.39, 0.29) is 6.04 Å². The summed E-state index contributed by atoms with van der Waals surface area (Å²) in [5.74, 6) is 0. The molecule has 11 heavy (non-hydrogen) atoms. The van der Waals surface area contributed by atoms with Crippen LogP contribution in [-0.4, -0.2) is 24.3 Å². The van der Waals surface area contributed by atoms with Gasteiger partial charge in [-0.05, 0) is 19.3 Å². The number of rotatable bonds is 1. The number of hydrogen-bond acceptors (Lipinski definition) is 3. The zero-order valence-electron chi connectivity index (χ0n) is 6.23. The van der Waals surface area contributed by atoms with Crippen LogP contribution in [0.2, 0.25) is 0 Å². The molecule has 2 atom stereocenters. The van der Waals surface area contributed by atoms with Crippen molar-refractivity contribution in [1.82, 2.24) is 0 Å². The number of hydrogen-bond donors (Lipinski definition) is 2. The Balaban J connectivity index is 2.60. The van der Waals surface area contributed by atoms with Crippen molar-refractivity contribution in [2.75, 3.05) is 0 Å². The van der Waals surface area contributed by atoms with E-state index in [1.807, 2.05) is 0 Å². The molecular weight excluding hydrogens is 166 g/mol. The van der Waals surface area contributed by atoms with Crippen molar-refractivity contribution in [3.63, 3.8) is 0 Å². The minimum atomic E-state index is -3.84. The van der Waals surface area contributed by atoms with Gasteiger partial charge in [0.05, 0.1) is 5.25 Å². The van der Waals surface area contributed by atoms with Crippen LogP contribution in [0.5, 0.6) is 0 Å². The van der Waals surface area contributed by atoms with Gasteiger partial charge in [0.15, 0.2) is 0 Å². The van der Waals surface area contributed by atoms with Gasteiger partial charge in [-0.25, -0.2) is 0 Å². The second kappa shape index (κ2) is 3.08. The van der Waals surface area contributed by atoms with Gasteiger partial charge < -0.3 is 5.73 Å². The van der Waals surface area contributed by atoms with E-state index in [1.54, 1.807) is 0 Å². The second-order valence-electron chi connectivity index (χ2n) is 3.06. The fraction of sp³-hybridized carbons (Fsp3) is 1.00. The summed E-state index contributed by atoms with van der Waals surface area (Å²) < 4.78 is 29.9. The summed E-state index contributed by atoms with van der Waals surface area (Å²) >= 11 is 0. The molecule has 0 aromatic carbocycles. The van der Waals surface area contributed by atoms with Crippen LogP contribution in [-0.2, 0) is 10.1 Å². The molecule has 2 unspecified atom stereocenters. The van der Waals surface area contributed by atoms with E-state index in [0.29, 0.717) is 12.8 Å². The van der Waals surface area contributed by atoms with Gasteiger partial charge >= 0.3 is 0 Å². The van der Waals surface area contributed by atoms with Gasteiger partial charge in [-0.15, -0.1) is 0 Å². The van der Waals surface area contributed by atoms with Crippen molar-refractivity contribution in [3.8, 4) is 0 Å². The summed E-state index contributed by atoms with van der Waals surface area (Å²) in [5.41, 5.74) is 5.55. The summed E-state index contributed by atoms with van der Waals surface area (Å²) in [6, 6.07) is -0.0596. The Bertz CT molecular complexity index is 224. The molecule has 0 aliphatic heterocycles. The molecule has 3 N–H and O–H groups in total. The van der Waals surface area contributed by atoms with Crippen molar-refractivity contribution >= 4 is 10.1 Å². The van der Waals surface area contributed by atoms with Gasteiger partial charge in [0.25, 0.3) is 10.1 Å². The molecule has 0 aromatic rings. The summed E-state index contributed by atoms with van der Waals surface area (Å²) in [5, 5.41) is -0.619. The molecule has 1 saturated carbocycles. The van der Waals surface area contributed by atoms with Crippen LogP contribution in [0.4, 0.5) is 0 Å². The predicted octanol–water partition coefficient (Wildman–Crippen LogP) is 0.144. The third kappa shape index (κ3) is 2.43. The monoisotopic (exact) mass is 179 g/mol. The van der Waals surface area contributed by atoms with Crippen LogP contribution in [0.15, 0.2) is 0 Å². The summed E-state index contributed by atoms with van der Waals surface area (Å²) in [6.45, 7) is 0. The molecule has 0 radical (unpaired) electrons. The Hall–Kier alpha value is -0.130. The zero-order chi connectivity index (χ0) is 8.48. The summed E-state index contributed by atoms with van der Waals surface area (Å²) in [6.07, 6.45) is 2.61. The van der Waals surface area contributed by atoms with Crippen LogP contribution in [0, 0.1) is 0 Å². The van der Waals surface area contributed by atoms with E-state index in [2.05, 4.69) is 0 Å². The SMILES string of the molecule is NC1CCCC(S(=O)(=O)O)C1. The fourth-order valence-corrected chi connectivity index (χ4v) is 2.41. The lowest BCUT2D eigenvalue weighted by Crippen LogP contribution is -2.34. The Morgan fingerprint density at radius 3 is 2.36 bits per heavy atom. The average Bonchev–Trinajstić information content (AvgIpc) is 1.86. The smallest absolute Gasteiger partial charge is 0.267 e. The maximum atomic E-state index is 10.6. The number of nitrogens with two attached hydrogens (primary N) is 1. The first-order valence-corrected chi connectivity index (χ1v) is 5.22. The summed E-state index contributed by atoms with van der Waals surface area (Å²) in [4.78, 5) is 0. The molecule has 0 spiro atoms. The van der Waals surface area contributed by atoms with Crippen LogP contribution in [0.3, 0.4) is 0 Å². The highest BCUT2D eigenvalue weighted by Gasteiger charge is 2.28. The lowest BCUT2D eigenvalue weighted by Gasteiger charge is -2.23.